The molecule has 0 radical (unpaired) electrons. The van der Waals surface area contributed by atoms with Crippen LogP contribution >= 0.6 is 0 Å². The third-order valence-corrected chi connectivity index (χ3v) is 3.85. The molecule has 0 aliphatic carbocycles. The summed E-state index contributed by atoms with van der Waals surface area (Å²) in [6, 6.07) is 8.37. The SMILES string of the molecule is O=C(CNC(=O)c1ccn(-c2cccc([N+](=O)[O-])c2)n1)Nc1ccc(F)c(F)c1F. The lowest BCUT2D eigenvalue weighted by Crippen LogP contribution is -2.33. The normalized spacial score (nSPS) is 10.5. The molecule has 2 amide bonds. The number of nitrogens with zero attached hydrogens (tertiary/aromatic N) is 3. The minimum absolute atomic E-state index is 0.0895. The van der Waals surface area contributed by atoms with E-state index in [1.807, 2.05) is 5.32 Å². The summed E-state index contributed by atoms with van der Waals surface area (Å²) < 4.78 is 40.9. The number of nitro benzene ring substituents is 1. The van der Waals surface area contributed by atoms with Crippen molar-refractivity contribution in [3.63, 3.8) is 0 Å². The minimum Gasteiger partial charge on any atom is -0.342 e. The van der Waals surface area contributed by atoms with Crippen LogP contribution in [0.2, 0.25) is 0 Å². The molecule has 2 aromatic carbocycles. The third-order valence-electron chi connectivity index (χ3n) is 3.85. The molecule has 12 heteroatoms. The van der Waals surface area contributed by atoms with Crippen LogP contribution in [-0.2, 0) is 4.79 Å². The van der Waals surface area contributed by atoms with Crippen LogP contribution in [-0.4, -0.2) is 33.1 Å². The van der Waals surface area contributed by atoms with E-state index in [0.717, 1.165) is 6.07 Å². The summed E-state index contributed by atoms with van der Waals surface area (Å²) in [5, 5.41) is 19.1. The van der Waals surface area contributed by atoms with E-state index in [0.29, 0.717) is 11.8 Å². The summed E-state index contributed by atoms with van der Waals surface area (Å²) in [6.45, 7) is -0.596. The average Bonchev–Trinajstić information content (AvgIpc) is 3.23. The number of halogens is 3. The smallest absolute Gasteiger partial charge is 0.272 e. The second-order valence-corrected chi connectivity index (χ2v) is 5.88. The molecule has 0 aliphatic rings. The quantitative estimate of drug-likeness (QED) is 0.362. The molecular formula is C18H12F3N5O4. The van der Waals surface area contributed by atoms with Crippen LogP contribution in [0, 0.1) is 27.6 Å². The van der Waals surface area contributed by atoms with Gasteiger partial charge in [-0.2, -0.15) is 5.10 Å². The van der Waals surface area contributed by atoms with E-state index in [2.05, 4.69) is 10.4 Å². The summed E-state index contributed by atoms with van der Waals surface area (Å²) in [6.07, 6.45) is 1.39. The standard InChI is InChI=1S/C18H12F3N5O4/c19-12-4-5-13(17(21)16(12)20)23-15(27)9-22-18(28)14-6-7-25(24-14)10-2-1-3-11(8-10)26(29)30/h1-8H,9H2,(H,22,28)(H,23,27). The average molecular weight is 419 g/mol. The molecule has 3 rings (SSSR count). The van der Waals surface area contributed by atoms with Gasteiger partial charge in [0.15, 0.2) is 23.1 Å². The van der Waals surface area contributed by atoms with Crippen molar-refractivity contribution in [2.75, 3.05) is 11.9 Å². The molecule has 9 nitrogen and oxygen atoms in total. The predicted molar refractivity (Wildman–Crippen MR) is 97.5 cm³/mol. The number of amides is 2. The fourth-order valence-electron chi connectivity index (χ4n) is 2.41. The number of nitro groups is 1. The summed E-state index contributed by atoms with van der Waals surface area (Å²) in [5.41, 5.74) is -0.485. The van der Waals surface area contributed by atoms with Gasteiger partial charge < -0.3 is 10.6 Å². The molecule has 0 unspecified atom stereocenters. The fourth-order valence-corrected chi connectivity index (χ4v) is 2.41. The van der Waals surface area contributed by atoms with E-state index in [1.54, 1.807) is 6.07 Å². The highest BCUT2D eigenvalue weighted by Gasteiger charge is 2.17. The van der Waals surface area contributed by atoms with Crippen molar-refractivity contribution in [3.8, 4) is 5.69 Å². The zero-order valence-corrected chi connectivity index (χ0v) is 14.9. The molecular weight excluding hydrogens is 407 g/mol. The molecule has 3 aromatic rings. The van der Waals surface area contributed by atoms with E-state index in [1.165, 1.54) is 35.1 Å². The number of nitrogens with one attached hydrogen (secondary N) is 2. The Kier molecular flexibility index (Phi) is 5.76. The molecule has 0 saturated carbocycles. The number of hydrogen-bond acceptors (Lipinski definition) is 5. The van der Waals surface area contributed by atoms with Gasteiger partial charge in [-0.25, -0.2) is 17.9 Å². The van der Waals surface area contributed by atoms with Gasteiger partial charge in [0.05, 0.1) is 22.8 Å². The Morgan fingerprint density at radius 2 is 1.87 bits per heavy atom. The van der Waals surface area contributed by atoms with Crippen molar-refractivity contribution in [2.45, 2.75) is 0 Å². The molecule has 0 fully saturated rings. The van der Waals surface area contributed by atoms with Crippen molar-refractivity contribution in [3.05, 3.63) is 81.9 Å². The van der Waals surface area contributed by atoms with Crippen LogP contribution in [0.5, 0.6) is 0 Å². The van der Waals surface area contributed by atoms with Gasteiger partial charge in [0.2, 0.25) is 5.91 Å². The zero-order valence-electron chi connectivity index (χ0n) is 14.9. The minimum atomic E-state index is -1.73. The number of hydrogen-bond donors (Lipinski definition) is 2. The molecule has 0 bridgehead atoms. The lowest BCUT2D eigenvalue weighted by Gasteiger charge is -2.08. The number of carbonyl (C=O) groups excluding carboxylic acids is 2. The largest absolute Gasteiger partial charge is 0.342 e. The van der Waals surface area contributed by atoms with Crippen LogP contribution < -0.4 is 10.6 Å². The van der Waals surface area contributed by atoms with Gasteiger partial charge in [-0.15, -0.1) is 0 Å². The van der Waals surface area contributed by atoms with Crippen LogP contribution in [0.3, 0.4) is 0 Å². The number of benzene rings is 2. The van der Waals surface area contributed by atoms with E-state index in [4.69, 9.17) is 0 Å². The first-order chi connectivity index (χ1) is 14.3. The number of anilines is 1. The van der Waals surface area contributed by atoms with Crippen LogP contribution in [0.15, 0.2) is 48.7 Å². The molecule has 2 N–H and O–H groups in total. The molecule has 30 heavy (non-hydrogen) atoms. The number of aromatic nitrogens is 2. The monoisotopic (exact) mass is 419 g/mol. The summed E-state index contributed by atoms with van der Waals surface area (Å²) in [4.78, 5) is 34.2. The Bertz CT molecular complexity index is 1150. The van der Waals surface area contributed by atoms with Gasteiger partial charge in [0.1, 0.15) is 0 Å². The summed E-state index contributed by atoms with van der Waals surface area (Å²) in [5.74, 6) is -6.33. The second-order valence-electron chi connectivity index (χ2n) is 5.88. The first-order valence-corrected chi connectivity index (χ1v) is 8.28. The molecule has 1 aromatic heterocycles. The topological polar surface area (TPSA) is 119 Å². The van der Waals surface area contributed by atoms with Crippen molar-refractivity contribution in [1.82, 2.24) is 15.1 Å². The van der Waals surface area contributed by atoms with Crippen molar-refractivity contribution >= 4 is 23.2 Å². The predicted octanol–water partition coefficient (Wildman–Crippen LogP) is 2.57. The summed E-state index contributed by atoms with van der Waals surface area (Å²) in [7, 11) is 0. The third kappa shape index (κ3) is 4.43. The highest BCUT2D eigenvalue weighted by Crippen LogP contribution is 2.19. The molecule has 154 valence electrons. The maximum Gasteiger partial charge on any atom is 0.272 e. The van der Waals surface area contributed by atoms with E-state index in [-0.39, 0.29) is 11.4 Å². The molecule has 0 spiro atoms. The number of non-ortho nitro benzene ring substituents is 1. The van der Waals surface area contributed by atoms with Gasteiger partial charge in [-0.3, -0.25) is 19.7 Å². The van der Waals surface area contributed by atoms with Crippen molar-refractivity contribution in [1.29, 1.82) is 0 Å². The molecule has 0 aliphatic heterocycles. The number of carbonyl (C=O) groups is 2. The van der Waals surface area contributed by atoms with Gasteiger partial charge in [0.25, 0.3) is 11.6 Å². The first-order valence-electron chi connectivity index (χ1n) is 8.28. The zero-order chi connectivity index (χ0) is 21.8. The number of rotatable bonds is 6. The highest BCUT2D eigenvalue weighted by atomic mass is 19.2. The van der Waals surface area contributed by atoms with Gasteiger partial charge in [-0.05, 0) is 24.3 Å². The Labute approximate surface area is 166 Å². The Morgan fingerprint density at radius 3 is 2.60 bits per heavy atom. The van der Waals surface area contributed by atoms with E-state index >= 15 is 0 Å². The Hall–Kier alpha value is -4.22. The van der Waals surface area contributed by atoms with E-state index < -0.39 is 46.4 Å². The first kappa shape index (κ1) is 20.5. The van der Waals surface area contributed by atoms with Crippen LogP contribution in [0.4, 0.5) is 24.5 Å². The lowest BCUT2D eigenvalue weighted by molar-refractivity contribution is -0.384. The van der Waals surface area contributed by atoms with E-state index in [9.17, 15) is 32.9 Å². The molecule has 0 saturated heterocycles. The Balaban J connectivity index is 1.62. The lowest BCUT2D eigenvalue weighted by atomic mass is 10.2. The fraction of sp³-hybridized carbons (Fsp3) is 0.0556. The maximum atomic E-state index is 13.6. The highest BCUT2D eigenvalue weighted by molar-refractivity contribution is 5.98. The second kappa shape index (κ2) is 8.43. The van der Waals surface area contributed by atoms with Crippen LogP contribution in [0.1, 0.15) is 10.5 Å². The van der Waals surface area contributed by atoms with Gasteiger partial charge >= 0.3 is 0 Å². The van der Waals surface area contributed by atoms with Gasteiger partial charge in [-0.1, -0.05) is 6.07 Å². The summed E-state index contributed by atoms with van der Waals surface area (Å²) >= 11 is 0. The van der Waals surface area contributed by atoms with Crippen molar-refractivity contribution in [2.24, 2.45) is 0 Å². The van der Waals surface area contributed by atoms with Gasteiger partial charge in [0, 0.05) is 18.3 Å². The molecule has 1 heterocycles. The van der Waals surface area contributed by atoms with Crippen molar-refractivity contribution < 1.29 is 27.7 Å². The molecule has 0 atom stereocenters. The van der Waals surface area contributed by atoms with Crippen LogP contribution in [0.25, 0.3) is 5.69 Å². The maximum absolute atomic E-state index is 13.6. The Morgan fingerprint density at radius 1 is 1.10 bits per heavy atom.